The lowest BCUT2D eigenvalue weighted by Crippen LogP contribution is -2.58. The smallest absolute Gasteiger partial charge is 0.305 e. The minimum Gasteiger partial charge on any atom is -0.463 e. The van der Waals surface area contributed by atoms with Gasteiger partial charge in [0.2, 0.25) is 0 Å². The summed E-state index contributed by atoms with van der Waals surface area (Å²) in [5.74, 6) is -0.282. The van der Waals surface area contributed by atoms with Gasteiger partial charge in [-0.15, -0.1) is 0 Å². The largest absolute Gasteiger partial charge is 0.463 e. The highest BCUT2D eigenvalue weighted by Gasteiger charge is 2.42. The Kier molecular flexibility index (Phi) is 18.2. The molecule has 0 aliphatic carbocycles. The fraction of sp³-hybridized carbons (Fsp3) is 0.952. The minimum absolute atomic E-state index is 0.104. The molecule has 0 aromatic carbocycles. The van der Waals surface area contributed by atoms with E-state index in [1.54, 1.807) is 0 Å². The van der Waals surface area contributed by atoms with Crippen LogP contribution in [0.15, 0.2) is 0 Å². The topological polar surface area (TPSA) is 177 Å². The maximum absolute atomic E-state index is 11.3. The first-order valence-electron chi connectivity index (χ1n) is 11.2. The molecule has 10 heteroatoms. The fourth-order valence-corrected chi connectivity index (χ4v) is 2.98. The molecule has 1 fully saturated rings. The van der Waals surface area contributed by atoms with Crippen LogP contribution in [0.25, 0.3) is 0 Å². The van der Waals surface area contributed by atoms with Crippen molar-refractivity contribution in [2.75, 3.05) is 19.8 Å². The molecule has 6 atom stereocenters. The highest BCUT2D eigenvalue weighted by molar-refractivity contribution is 5.69. The summed E-state index contributed by atoms with van der Waals surface area (Å²) in [6, 6.07) is 0. The van der Waals surface area contributed by atoms with E-state index < -0.39 is 43.4 Å². The zero-order valence-corrected chi connectivity index (χ0v) is 18.5. The normalized spacial score (nSPS) is 26.6. The molecule has 7 N–H and O–H groups in total. The maximum Gasteiger partial charge on any atom is 0.305 e. The van der Waals surface area contributed by atoms with Gasteiger partial charge >= 0.3 is 5.97 Å². The Labute approximate surface area is 184 Å². The van der Waals surface area contributed by atoms with E-state index in [1.807, 2.05) is 0 Å². The predicted molar refractivity (Wildman–Crippen MR) is 112 cm³/mol. The summed E-state index contributed by atoms with van der Waals surface area (Å²) in [5, 5.41) is 62.2. The third kappa shape index (κ3) is 14.0. The van der Waals surface area contributed by atoms with Crippen LogP contribution in [0, 0.1) is 0 Å². The molecule has 0 amide bonds. The van der Waals surface area contributed by atoms with E-state index in [2.05, 4.69) is 11.7 Å². The second-order valence-corrected chi connectivity index (χ2v) is 7.82. The van der Waals surface area contributed by atoms with E-state index in [0.29, 0.717) is 6.42 Å². The van der Waals surface area contributed by atoms with Crippen molar-refractivity contribution in [2.24, 2.45) is 0 Å². The molecule has 0 radical (unpaired) electrons. The van der Waals surface area contributed by atoms with Crippen molar-refractivity contribution in [2.45, 2.75) is 108 Å². The van der Waals surface area contributed by atoms with Gasteiger partial charge in [0.15, 0.2) is 6.29 Å². The van der Waals surface area contributed by atoms with E-state index in [1.165, 1.54) is 44.9 Å². The summed E-state index contributed by atoms with van der Waals surface area (Å²) in [6.45, 7) is 1.22. The van der Waals surface area contributed by atoms with Crippen molar-refractivity contribution in [3.05, 3.63) is 0 Å². The number of hydrogen-bond acceptors (Lipinski definition) is 10. The third-order valence-electron chi connectivity index (χ3n) is 5.00. The van der Waals surface area contributed by atoms with Crippen molar-refractivity contribution >= 4 is 5.97 Å². The quantitative estimate of drug-likeness (QED) is 0.135. The second kappa shape index (κ2) is 18.7. The summed E-state index contributed by atoms with van der Waals surface area (Å²) in [4.78, 5) is 11.3. The van der Waals surface area contributed by atoms with E-state index in [-0.39, 0.29) is 19.2 Å². The van der Waals surface area contributed by atoms with Gasteiger partial charge in [0, 0.05) is 6.42 Å². The molecule has 0 spiro atoms. The molecule has 1 aliphatic rings. The van der Waals surface area contributed by atoms with Crippen molar-refractivity contribution in [3.8, 4) is 0 Å². The zero-order chi connectivity index (χ0) is 23.6. The van der Waals surface area contributed by atoms with Gasteiger partial charge in [0.1, 0.15) is 37.1 Å². The lowest BCUT2D eigenvalue weighted by atomic mass is 10.00. The van der Waals surface area contributed by atoms with Crippen LogP contribution in [0.3, 0.4) is 0 Å². The van der Waals surface area contributed by atoms with Gasteiger partial charge in [-0.05, 0) is 6.42 Å². The Balaban J connectivity index is 0.000000639. The Morgan fingerprint density at radius 2 is 1.42 bits per heavy atom. The highest BCUT2D eigenvalue weighted by atomic mass is 16.6. The van der Waals surface area contributed by atoms with Crippen LogP contribution >= 0.6 is 0 Å². The number of aliphatic hydroxyl groups excluding tert-OH is 7. The van der Waals surface area contributed by atoms with Crippen LogP contribution in [-0.2, 0) is 14.3 Å². The van der Waals surface area contributed by atoms with Crippen molar-refractivity contribution in [3.63, 3.8) is 0 Å². The molecule has 10 nitrogen and oxygen atoms in total. The number of esters is 1. The van der Waals surface area contributed by atoms with Gasteiger partial charge in [-0.2, -0.15) is 0 Å². The number of aliphatic hydroxyl groups is 7. The van der Waals surface area contributed by atoms with Gasteiger partial charge in [-0.1, -0.05) is 58.3 Å². The molecule has 1 aliphatic heterocycles. The molecule has 186 valence electrons. The molecule has 0 bridgehead atoms. The van der Waals surface area contributed by atoms with Crippen molar-refractivity contribution in [1.82, 2.24) is 0 Å². The molecule has 0 saturated carbocycles. The standard InChI is InChI=1S/C15H30O4.C6H12O6/c1-2-3-4-5-6-7-8-9-10-11-15(18)19-13-14(17)12-16;7-1-2-3(8)4(9)5(10)6(11)12-2/h14,16-17H,2-13H2,1H3;2-11H,1H2/t;2-,3-,4+,5-,6?/m.1/s1. The highest BCUT2D eigenvalue weighted by Crippen LogP contribution is 2.19. The molecule has 1 saturated heterocycles. The Hall–Kier alpha value is -0.850. The van der Waals surface area contributed by atoms with Gasteiger partial charge in [-0.3, -0.25) is 4.79 Å². The summed E-state index contributed by atoms with van der Waals surface area (Å²) in [7, 11) is 0. The van der Waals surface area contributed by atoms with Crippen LogP contribution in [0.2, 0.25) is 0 Å². The van der Waals surface area contributed by atoms with E-state index in [4.69, 9.17) is 40.5 Å². The minimum atomic E-state index is -1.57. The van der Waals surface area contributed by atoms with Crippen LogP contribution in [0.5, 0.6) is 0 Å². The Bertz CT molecular complexity index is 432. The maximum atomic E-state index is 11.3. The van der Waals surface area contributed by atoms with Crippen molar-refractivity contribution < 1.29 is 50.0 Å². The first-order chi connectivity index (χ1) is 14.8. The number of unbranched alkanes of at least 4 members (excludes halogenated alkanes) is 8. The van der Waals surface area contributed by atoms with Gasteiger partial charge in [0.25, 0.3) is 0 Å². The first kappa shape index (κ1) is 30.1. The molecule has 1 heterocycles. The first-order valence-corrected chi connectivity index (χ1v) is 11.2. The zero-order valence-electron chi connectivity index (χ0n) is 18.5. The van der Waals surface area contributed by atoms with Crippen LogP contribution in [-0.4, -0.2) is 98.3 Å². The van der Waals surface area contributed by atoms with Gasteiger partial charge < -0.3 is 45.2 Å². The summed E-state index contributed by atoms with van der Waals surface area (Å²) in [5.41, 5.74) is 0. The van der Waals surface area contributed by atoms with Crippen LogP contribution in [0.4, 0.5) is 0 Å². The Morgan fingerprint density at radius 1 is 0.871 bits per heavy atom. The summed E-state index contributed by atoms with van der Waals surface area (Å²) < 4.78 is 9.39. The van der Waals surface area contributed by atoms with Crippen LogP contribution < -0.4 is 0 Å². The summed E-state index contributed by atoms with van der Waals surface area (Å²) in [6.07, 6.45) is 3.35. The number of carbonyl (C=O) groups is 1. The fourth-order valence-electron chi connectivity index (χ4n) is 2.98. The molecular formula is C21H42O10. The molecule has 0 aromatic heterocycles. The van der Waals surface area contributed by atoms with Crippen molar-refractivity contribution in [1.29, 1.82) is 0 Å². The number of rotatable bonds is 14. The van der Waals surface area contributed by atoms with E-state index in [0.717, 1.165) is 12.8 Å². The molecule has 31 heavy (non-hydrogen) atoms. The van der Waals surface area contributed by atoms with Gasteiger partial charge in [0.05, 0.1) is 13.2 Å². The second-order valence-electron chi connectivity index (χ2n) is 7.82. The monoisotopic (exact) mass is 454 g/mol. The lowest BCUT2D eigenvalue weighted by Gasteiger charge is -2.37. The molecule has 0 aromatic rings. The molecule has 2 unspecified atom stereocenters. The third-order valence-corrected chi connectivity index (χ3v) is 5.00. The number of carbonyl (C=O) groups excluding carboxylic acids is 1. The number of hydrogen-bond donors (Lipinski definition) is 7. The Morgan fingerprint density at radius 3 is 1.94 bits per heavy atom. The molecule has 1 rings (SSSR count). The lowest BCUT2D eigenvalue weighted by molar-refractivity contribution is -0.286. The van der Waals surface area contributed by atoms with E-state index in [9.17, 15) is 4.79 Å². The number of ether oxygens (including phenoxy) is 2. The van der Waals surface area contributed by atoms with Crippen LogP contribution in [0.1, 0.15) is 71.1 Å². The summed E-state index contributed by atoms with van der Waals surface area (Å²) >= 11 is 0. The molecular weight excluding hydrogens is 412 g/mol. The average Bonchev–Trinajstić information content (AvgIpc) is 2.77. The SMILES string of the molecule is CCCCCCCCCCCC(=O)OCC(O)CO.OC[C@H]1OC(O)[C@H](O)[C@@H](O)[C@@H]1O. The van der Waals surface area contributed by atoms with Gasteiger partial charge in [-0.25, -0.2) is 0 Å². The predicted octanol–water partition coefficient (Wildman–Crippen LogP) is -0.418. The van der Waals surface area contributed by atoms with E-state index >= 15 is 0 Å². The average molecular weight is 455 g/mol.